The Balaban J connectivity index is 1.95. The number of fused-ring (bicyclic) bond motifs is 1. The van der Waals surface area contributed by atoms with Crippen LogP contribution in [0.15, 0.2) is 36.4 Å². The largest absolute Gasteiger partial charge is 0.328 e. The van der Waals surface area contributed by atoms with E-state index in [0.29, 0.717) is 17.9 Å². The van der Waals surface area contributed by atoms with Crippen LogP contribution in [-0.2, 0) is 0 Å². The number of nitrogens with two attached hydrogens (primary N) is 1. The van der Waals surface area contributed by atoms with Crippen LogP contribution in [0, 0.1) is 5.92 Å². The van der Waals surface area contributed by atoms with Gasteiger partial charge in [0, 0.05) is 23.0 Å². The first-order chi connectivity index (χ1) is 7.75. The van der Waals surface area contributed by atoms with Crippen molar-refractivity contribution in [3.05, 3.63) is 42.1 Å². The van der Waals surface area contributed by atoms with Gasteiger partial charge in [-0.2, -0.15) is 0 Å². The van der Waals surface area contributed by atoms with E-state index in [1.54, 1.807) is 0 Å². The maximum atomic E-state index is 5.91. The molecule has 0 spiro atoms. The standard InChI is InChI=1S/C14H16N2/c1-9(15)11-8-12(11)14-7-6-10-4-2-3-5-13(10)16-14/h2-7,9,11-12H,8,15H2,1H3. The van der Waals surface area contributed by atoms with Crippen molar-refractivity contribution in [3.8, 4) is 0 Å². The second kappa shape index (κ2) is 3.56. The quantitative estimate of drug-likeness (QED) is 0.831. The van der Waals surface area contributed by atoms with E-state index >= 15 is 0 Å². The second-order valence-electron chi connectivity index (χ2n) is 4.79. The lowest BCUT2D eigenvalue weighted by Gasteiger charge is -2.04. The number of hydrogen-bond acceptors (Lipinski definition) is 2. The minimum atomic E-state index is 0.290. The molecule has 2 nitrogen and oxygen atoms in total. The SMILES string of the molecule is CC(N)C1CC1c1ccc2ccccc2n1. The molecule has 1 aliphatic carbocycles. The highest BCUT2D eigenvalue weighted by atomic mass is 14.8. The summed E-state index contributed by atoms with van der Waals surface area (Å²) in [7, 11) is 0. The van der Waals surface area contributed by atoms with Crippen molar-refractivity contribution in [1.82, 2.24) is 4.98 Å². The molecule has 0 radical (unpaired) electrons. The van der Waals surface area contributed by atoms with Gasteiger partial charge in [-0.15, -0.1) is 0 Å². The van der Waals surface area contributed by atoms with Gasteiger partial charge in [-0.05, 0) is 31.4 Å². The molecule has 1 heterocycles. The third-order valence-electron chi connectivity index (χ3n) is 3.51. The van der Waals surface area contributed by atoms with Gasteiger partial charge >= 0.3 is 0 Å². The zero-order chi connectivity index (χ0) is 11.1. The highest BCUT2D eigenvalue weighted by Crippen LogP contribution is 2.48. The molecule has 2 N–H and O–H groups in total. The predicted octanol–water partition coefficient (Wildman–Crippen LogP) is 2.69. The van der Waals surface area contributed by atoms with E-state index in [4.69, 9.17) is 10.7 Å². The van der Waals surface area contributed by atoms with Gasteiger partial charge in [0.05, 0.1) is 5.52 Å². The molecule has 82 valence electrons. The highest BCUT2D eigenvalue weighted by molar-refractivity contribution is 5.78. The van der Waals surface area contributed by atoms with Crippen molar-refractivity contribution in [2.75, 3.05) is 0 Å². The zero-order valence-electron chi connectivity index (χ0n) is 9.43. The molecule has 1 aliphatic rings. The summed E-state index contributed by atoms with van der Waals surface area (Å²) in [6, 6.07) is 12.9. The van der Waals surface area contributed by atoms with Gasteiger partial charge < -0.3 is 5.73 Å². The average Bonchev–Trinajstić information content (AvgIpc) is 3.08. The van der Waals surface area contributed by atoms with Crippen LogP contribution in [0.1, 0.15) is 25.0 Å². The molecule has 1 saturated carbocycles. The number of rotatable bonds is 2. The van der Waals surface area contributed by atoms with Crippen molar-refractivity contribution in [2.45, 2.75) is 25.3 Å². The fraction of sp³-hybridized carbons (Fsp3) is 0.357. The minimum Gasteiger partial charge on any atom is -0.328 e. The van der Waals surface area contributed by atoms with Gasteiger partial charge in [0.1, 0.15) is 0 Å². The van der Waals surface area contributed by atoms with Crippen LogP contribution in [-0.4, -0.2) is 11.0 Å². The number of pyridine rings is 1. The third-order valence-corrected chi connectivity index (χ3v) is 3.51. The lowest BCUT2D eigenvalue weighted by Crippen LogP contribution is -2.18. The van der Waals surface area contributed by atoms with Crippen LogP contribution >= 0.6 is 0 Å². The molecule has 3 atom stereocenters. The Morgan fingerprint density at radius 1 is 1.25 bits per heavy atom. The van der Waals surface area contributed by atoms with Crippen LogP contribution in [0.3, 0.4) is 0 Å². The summed E-state index contributed by atoms with van der Waals surface area (Å²) in [5.41, 5.74) is 8.21. The van der Waals surface area contributed by atoms with Crippen molar-refractivity contribution in [2.24, 2.45) is 11.7 Å². The average molecular weight is 212 g/mol. The van der Waals surface area contributed by atoms with Crippen molar-refractivity contribution < 1.29 is 0 Å². The van der Waals surface area contributed by atoms with Gasteiger partial charge in [0.25, 0.3) is 0 Å². The topological polar surface area (TPSA) is 38.9 Å². The van der Waals surface area contributed by atoms with Gasteiger partial charge in [-0.1, -0.05) is 24.3 Å². The first-order valence-electron chi connectivity index (χ1n) is 5.87. The molecule has 1 aromatic heterocycles. The van der Waals surface area contributed by atoms with Gasteiger partial charge in [0.2, 0.25) is 0 Å². The third kappa shape index (κ3) is 1.59. The summed E-state index contributed by atoms with van der Waals surface area (Å²) in [5, 5.41) is 1.21. The molecule has 3 rings (SSSR count). The Labute approximate surface area is 95.5 Å². The molecule has 2 heteroatoms. The molecule has 2 aromatic rings. The second-order valence-corrected chi connectivity index (χ2v) is 4.79. The molecule has 0 aliphatic heterocycles. The summed E-state index contributed by atoms with van der Waals surface area (Å²) in [6.45, 7) is 2.09. The summed E-state index contributed by atoms with van der Waals surface area (Å²) < 4.78 is 0. The van der Waals surface area contributed by atoms with Crippen LogP contribution in [0.25, 0.3) is 10.9 Å². The van der Waals surface area contributed by atoms with E-state index in [1.165, 1.54) is 17.5 Å². The monoisotopic (exact) mass is 212 g/mol. The van der Waals surface area contributed by atoms with Gasteiger partial charge in [-0.3, -0.25) is 4.98 Å². The van der Waals surface area contributed by atoms with Crippen molar-refractivity contribution >= 4 is 10.9 Å². The van der Waals surface area contributed by atoms with Crippen molar-refractivity contribution in [3.63, 3.8) is 0 Å². The Morgan fingerprint density at radius 3 is 2.81 bits per heavy atom. The van der Waals surface area contributed by atoms with Crippen LogP contribution in [0.2, 0.25) is 0 Å². The van der Waals surface area contributed by atoms with E-state index in [2.05, 4.69) is 31.2 Å². The van der Waals surface area contributed by atoms with E-state index in [-0.39, 0.29) is 0 Å². The summed E-state index contributed by atoms with van der Waals surface area (Å²) >= 11 is 0. The maximum absolute atomic E-state index is 5.91. The minimum absolute atomic E-state index is 0.290. The molecule has 0 saturated heterocycles. The number of benzene rings is 1. The van der Waals surface area contributed by atoms with E-state index in [1.807, 2.05) is 12.1 Å². The Bertz CT molecular complexity index is 519. The first-order valence-corrected chi connectivity index (χ1v) is 5.87. The lowest BCUT2D eigenvalue weighted by molar-refractivity contribution is 0.628. The summed E-state index contributed by atoms with van der Waals surface area (Å²) in [5.74, 6) is 1.22. The van der Waals surface area contributed by atoms with Gasteiger partial charge in [-0.25, -0.2) is 0 Å². The van der Waals surface area contributed by atoms with Gasteiger partial charge in [0.15, 0.2) is 0 Å². The Hall–Kier alpha value is -1.41. The van der Waals surface area contributed by atoms with E-state index < -0.39 is 0 Å². The number of nitrogens with zero attached hydrogens (tertiary/aromatic N) is 1. The molecular weight excluding hydrogens is 196 g/mol. The maximum Gasteiger partial charge on any atom is 0.0705 e. The van der Waals surface area contributed by atoms with Crippen LogP contribution < -0.4 is 5.73 Å². The normalized spacial score (nSPS) is 25.6. The number of hydrogen-bond donors (Lipinski definition) is 1. The number of aromatic nitrogens is 1. The molecule has 1 fully saturated rings. The van der Waals surface area contributed by atoms with E-state index in [0.717, 1.165) is 5.52 Å². The Kier molecular flexibility index (Phi) is 2.18. The number of para-hydroxylation sites is 1. The molecule has 1 aromatic carbocycles. The summed E-state index contributed by atoms with van der Waals surface area (Å²) in [6.07, 6.45) is 1.20. The van der Waals surface area contributed by atoms with Crippen LogP contribution in [0.5, 0.6) is 0 Å². The molecule has 16 heavy (non-hydrogen) atoms. The van der Waals surface area contributed by atoms with Crippen LogP contribution in [0.4, 0.5) is 0 Å². The molecular formula is C14H16N2. The molecule has 3 unspecified atom stereocenters. The highest BCUT2D eigenvalue weighted by Gasteiger charge is 2.41. The smallest absolute Gasteiger partial charge is 0.0705 e. The van der Waals surface area contributed by atoms with Crippen molar-refractivity contribution in [1.29, 1.82) is 0 Å². The predicted molar refractivity (Wildman–Crippen MR) is 66.2 cm³/mol. The fourth-order valence-corrected chi connectivity index (χ4v) is 2.42. The lowest BCUT2D eigenvalue weighted by atomic mass is 10.1. The summed E-state index contributed by atoms with van der Waals surface area (Å²) in [4.78, 5) is 4.71. The van der Waals surface area contributed by atoms with E-state index in [9.17, 15) is 0 Å². The molecule has 0 bridgehead atoms. The fourth-order valence-electron chi connectivity index (χ4n) is 2.42. The molecule has 0 amide bonds. The zero-order valence-corrected chi connectivity index (χ0v) is 9.43. The Morgan fingerprint density at radius 2 is 2.06 bits per heavy atom. The first kappa shape index (κ1) is 9.79.